The third-order valence-corrected chi connectivity index (χ3v) is 33.8. The Kier molecular flexibility index (Phi) is 4.82. The molecular formula is C11H28O2Si4. The van der Waals surface area contributed by atoms with Crippen molar-refractivity contribution in [3.63, 3.8) is 0 Å². The van der Waals surface area contributed by atoms with E-state index >= 15 is 0 Å². The van der Waals surface area contributed by atoms with E-state index in [2.05, 4.69) is 53.4 Å². The summed E-state index contributed by atoms with van der Waals surface area (Å²) in [6, 6.07) is 1.32. The molecule has 6 heteroatoms. The van der Waals surface area contributed by atoms with Crippen LogP contribution in [0.25, 0.3) is 0 Å². The highest BCUT2D eigenvalue weighted by Gasteiger charge is 2.49. The Hall–Kier alpha value is 0.528. The highest BCUT2D eigenvalue weighted by molar-refractivity contribution is 7.50. The highest BCUT2D eigenvalue weighted by atomic mass is 29.6. The van der Waals surface area contributed by atoms with E-state index < -0.39 is 25.4 Å². The zero-order valence-corrected chi connectivity index (χ0v) is 17.3. The smallest absolute Gasteiger partial charge is 0.293 e. The van der Waals surface area contributed by atoms with E-state index in [9.17, 15) is 0 Å². The monoisotopic (exact) mass is 304 g/mol. The fourth-order valence-corrected chi connectivity index (χ4v) is 42.6. The number of hydrogen-bond acceptors (Lipinski definition) is 2. The molecule has 0 radical (unpaired) electrons. The molecule has 1 saturated heterocycles. The van der Waals surface area contributed by atoms with Crippen molar-refractivity contribution in [3.8, 4) is 0 Å². The molecule has 1 unspecified atom stereocenters. The van der Waals surface area contributed by atoms with Gasteiger partial charge in [-0.05, 0) is 40.3 Å². The normalized spacial score (nSPS) is 34.6. The molecule has 0 saturated carbocycles. The van der Waals surface area contributed by atoms with Gasteiger partial charge in [-0.2, -0.15) is 0 Å². The first-order valence-electron chi connectivity index (χ1n) is 6.53. The summed E-state index contributed by atoms with van der Waals surface area (Å²) in [5.74, 6) is 0. The van der Waals surface area contributed by atoms with Gasteiger partial charge in [0.2, 0.25) is 0 Å². The van der Waals surface area contributed by atoms with E-state index in [0.717, 1.165) is 0 Å². The molecular weight excluding hydrogens is 276 g/mol. The minimum atomic E-state index is -1.76. The highest BCUT2D eigenvalue weighted by Crippen LogP contribution is 2.34. The van der Waals surface area contributed by atoms with Crippen LogP contribution in [-0.4, -0.2) is 39.6 Å². The zero-order valence-electron chi connectivity index (χ0n) is 12.5. The summed E-state index contributed by atoms with van der Waals surface area (Å²) in [6.07, 6.45) is 2.20. The summed E-state index contributed by atoms with van der Waals surface area (Å²) < 4.78 is 12.8. The molecule has 0 amide bonds. The van der Waals surface area contributed by atoms with Gasteiger partial charge < -0.3 is 8.54 Å². The van der Waals surface area contributed by atoms with Crippen LogP contribution in [0.3, 0.4) is 0 Å². The van der Waals surface area contributed by atoms with Crippen LogP contribution < -0.4 is 0 Å². The first-order chi connectivity index (χ1) is 7.58. The van der Waals surface area contributed by atoms with Crippen molar-refractivity contribution in [2.75, 3.05) is 0 Å². The van der Waals surface area contributed by atoms with Gasteiger partial charge in [0.1, 0.15) is 0 Å². The molecule has 1 rings (SSSR count). The van der Waals surface area contributed by atoms with Gasteiger partial charge in [-0.3, -0.25) is 0 Å². The maximum Gasteiger partial charge on any atom is 0.293 e. The molecule has 0 bridgehead atoms. The molecule has 1 atom stereocenters. The second kappa shape index (κ2) is 5.26. The van der Waals surface area contributed by atoms with Gasteiger partial charge in [0.15, 0.2) is 9.76 Å². The first kappa shape index (κ1) is 15.6. The molecule has 17 heavy (non-hydrogen) atoms. The van der Waals surface area contributed by atoms with E-state index in [0.29, 0.717) is 0 Å². The van der Waals surface area contributed by atoms with E-state index in [4.69, 9.17) is 8.54 Å². The van der Waals surface area contributed by atoms with Crippen LogP contribution >= 0.6 is 0 Å². The Balaban J connectivity index is 2.74. The van der Waals surface area contributed by atoms with Crippen molar-refractivity contribution in [1.82, 2.24) is 0 Å². The van der Waals surface area contributed by atoms with Crippen LogP contribution in [0.1, 0.15) is 27.7 Å². The van der Waals surface area contributed by atoms with Crippen molar-refractivity contribution in [1.29, 1.82) is 0 Å². The quantitative estimate of drug-likeness (QED) is 0.740. The lowest BCUT2D eigenvalue weighted by molar-refractivity contribution is 0.0980. The summed E-state index contributed by atoms with van der Waals surface area (Å²) in [4.78, 5) is 0. The minimum Gasteiger partial charge on any atom is -0.440 e. The van der Waals surface area contributed by atoms with Crippen LogP contribution in [0.2, 0.25) is 25.7 Å². The van der Waals surface area contributed by atoms with Gasteiger partial charge in [0.25, 0.3) is 8.08 Å². The van der Waals surface area contributed by atoms with Crippen LogP contribution in [0.5, 0.6) is 0 Å². The van der Waals surface area contributed by atoms with Crippen molar-refractivity contribution >= 4 is 34.0 Å². The van der Waals surface area contributed by atoms with Gasteiger partial charge in [0.05, 0.1) is 14.2 Å². The van der Waals surface area contributed by atoms with Crippen LogP contribution in [-0.2, 0) is 8.54 Å². The lowest BCUT2D eigenvalue weighted by Crippen LogP contribution is -2.66. The van der Waals surface area contributed by atoms with Gasteiger partial charge >= 0.3 is 0 Å². The summed E-state index contributed by atoms with van der Waals surface area (Å²) in [5.41, 5.74) is 0.0696. The molecule has 0 spiro atoms. The molecule has 0 aliphatic carbocycles. The Morgan fingerprint density at radius 2 is 2.00 bits per heavy atom. The average Bonchev–Trinajstić information content (AvgIpc) is 2.08. The SMILES string of the molecule is CC=C(C)[SiH2]O[Si]1(C)OC(C)(C)C[Si](C)(C)[SiH2]1. The third-order valence-electron chi connectivity index (χ3n) is 3.29. The number of rotatable bonds is 3. The van der Waals surface area contributed by atoms with Crippen LogP contribution in [0.4, 0.5) is 0 Å². The zero-order chi connectivity index (χ0) is 13.3. The van der Waals surface area contributed by atoms with Gasteiger partial charge in [-0.15, -0.1) is 0 Å². The molecule has 1 fully saturated rings. The molecule has 1 aliphatic heterocycles. The number of hydrogen-bond donors (Lipinski definition) is 0. The summed E-state index contributed by atoms with van der Waals surface area (Å²) in [7, 11) is -3.39. The largest absolute Gasteiger partial charge is 0.440 e. The van der Waals surface area contributed by atoms with Crippen molar-refractivity contribution < 1.29 is 8.54 Å². The second-order valence-corrected chi connectivity index (χ2v) is 30.8. The van der Waals surface area contributed by atoms with E-state index in [1.165, 1.54) is 11.2 Å². The van der Waals surface area contributed by atoms with Crippen molar-refractivity contribution in [2.24, 2.45) is 0 Å². The molecule has 1 aliphatic rings. The average molecular weight is 305 g/mol. The fraction of sp³-hybridized carbons (Fsp3) is 0.818. The summed E-state index contributed by atoms with van der Waals surface area (Å²) in [6.45, 7) is 16.2. The molecule has 1 heterocycles. The molecule has 2 nitrogen and oxygen atoms in total. The predicted molar refractivity (Wildman–Crippen MR) is 86.7 cm³/mol. The fourth-order valence-electron chi connectivity index (χ4n) is 3.17. The molecule has 0 aromatic carbocycles. The molecule has 0 aromatic rings. The Bertz CT molecular complexity index is 297. The van der Waals surface area contributed by atoms with Gasteiger partial charge in [0, 0.05) is 7.59 Å². The second-order valence-electron chi connectivity index (χ2n) is 6.94. The first-order valence-corrected chi connectivity index (χ1v) is 18.0. The third kappa shape index (κ3) is 4.96. The minimum absolute atomic E-state index is 0.0696. The maximum absolute atomic E-state index is 6.41. The van der Waals surface area contributed by atoms with Crippen LogP contribution in [0, 0.1) is 0 Å². The topological polar surface area (TPSA) is 18.5 Å². The molecule has 0 N–H and O–H groups in total. The van der Waals surface area contributed by atoms with Crippen molar-refractivity contribution in [3.05, 3.63) is 11.3 Å². The lowest BCUT2D eigenvalue weighted by atomic mass is 10.2. The van der Waals surface area contributed by atoms with Crippen LogP contribution in [0.15, 0.2) is 11.3 Å². The predicted octanol–water partition coefficient (Wildman–Crippen LogP) is 1.76. The lowest BCUT2D eigenvalue weighted by Gasteiger charge is -2.48. The van der Waals surface area contributed by atoms with Gasteiger partial charge in [-0.1, -0.05) is 24.4 Å². The van der Waals surface area contributed by atoms with Crippen molar-refractivity contribution in [2.45, 2.75) is 59.0 Å². The van der Waals surface area contributed by atoms with Gasteiger partial charge in [-0.25, -0.2) is 0 Å². The Morgan fingerprint density at radius 1 is 1.41 bits per heavy atom. The Morgan fingerprint density at radius 3 is 2.47 bits per heavy atom. The van der Waals surface area contributed by atoms with E-state index in [1.807, 2.05) is 0 Å². The molecule has 0 aromatic heterocycles. The summed E-state index contributed by atoms with van der Waals surface area (Å²) in [5, 5.41) is 1.46. The van der Waals surface area contributed by atoms with E-state index in [1.54, 1.807) is 0 Å². The standard InChI is InChI=1S/C11H28O2Si4/c1-8-10(2)14-13-17(7)12-11(3,4)9-16(5,6)15-17/h8H,9,14-15H2,1-7H3. The number of allylic oxidation sites excluding steroid dienone is 2. The Labute approximate surface area is 113 Å². The summed E-state index contributed by atoms with van der Waals surface area (Å²) >= 11 is 0. The molecule has 100 valence electrons. The van der Waals surface area contributed by atoms with E-state index in [-0.39, 0.29) is 14.2 Å². The maximum atomic E-state index is 6.41.